The van der Waals surface area contributed by atoms with Crippen LogP contribution in [0.5, 0.6) is 0 Å². The molecule has 9 nitrogen and oxygen atoms in total. The fourth-order valence-corrected chi connectivity index (χ4v) is 3.45. The van der Waals surface area contributed by atoms with E-state index in [0.717, 1.165) is 6.26 Å². The van der Waals surface area contributed by atoms with Crippen LogP contribution in [0.4, 0.5) is 11.4 Å². The Morgan fingerprint density at radius 1 is 1.13 bits per heavy atom. The molecule has 2 atom stereocenters. The normalized spacial score (nSPS) is 12.9. The van der Waals surface area contributed by atoms with Gasteiger partial charge in [-0.05, 0) is 49.7 Å². The molecule has 31 heavy (non-hydrogen) atoms. The Labute approximate surface area is 185 Å². The highest BCUT2D eigenvalue weighted by Gasteiger charge is 2.25. The van der Waals surface area contributed by atoms with Gasteiger partial charge in [0, 0.05) is 17.5 Å². The van der Waals surface area contributed by atoms with Crippen molar-refractivity contribution in [2.24, 2.45) is 0 Å². The van der Waals surface area contributed by atoms with Crippen LogP contribution in [0.1, 0.15) is 22.8 Å². The van der Waals surface area contributed by atoms with Gasteiger partial charge in [0.25, 0.3) is 11.8 Å². The van der Waals surface area contributed by atoms with Crippen LogP contribution in [0, 0.1) is 13.5 Å². The van der Waals surface area contributed by atoms with Crippen molar-refractivity contribution in [3.63, 3.8) is 0 Å². The number of hydrogen-bond acceptors (Lipinski definition) is 6. The molecule has 0 saturated carbocycles. The third-order valence-corrected chi connectivity index (χ3v) is 6.01. The summed E-state index contributed by atoms with van der Waals surface area (Å²) < 4.78 is 23.0. The molecule has 2 amide bonds. The molecule has 0 spiro atoms. The molecule has 4 N–H and O–H groups in total. The van der Waals surface area contributed by atoms with Crippen molar-refractivity contribution in [1.82, 2.24) is 10.9 Å². The van der Waals surface area contributed by atoms with Gasteiger partial charge in [-0.25, -0.2) is 13.3 Å². The molecule has 2 rings (SSSR count). The largest absolute Gasteiger partial charge is 0.391 e. The van der Waals surface area contributed by atoms with Crippen molar-refractivity contribution in [1.29, 1.82) is 0 Å². The molecule has 0 aliphatic rings. The van der Waals surface area contributed by atoms with Crippen LogP contribution in [0.15, 0.2) is 41.3 Å². The first-order chi connectivity index (χ1) is 14.5. The van der Waals surface area contributed by atoms with Gasteiger partial charge in [-0.15, -0.1) is 0 Å². The zero-order valence-electron chi connectivity index (χ0n) is 16.9. The van der Waals surface area contributed by atoms with Crippen molar-refractivity contribution in [3.05, 3.63) is 64.0 Å². The van der Waals surface area contributed by atoms with Gasteiger partial charge in [0.2, 0.25) is 5.69 Å². The Kier molecular flexibility index (Phi) is 7.62. The average Bonchev–Trinajstić information content (AvgIpc) is 2.72. The summed E-state index contributed by atoms with van der Waals surface area (Å²) in [6, 6.07) is 7.11. The maximum absolute atomic E-state index is 12.5. The summed E-state index contributed by atoms with van der Waals surface area (Å²) >= 11 is 6.14. The molecule has 0 aromatic heterocycles. The van der Waals surface area contributed by atoms with Crippen molar-refractivity contribution >= 4 is 44.6 Å². The molecule has 2 aromatic carbocycles. The van der Waals surface area contributed by atoms with Gasteiger partial charge in [0.1, 0.15) is 6.04 Å². The number of nitrogens with one attached hydrogen (secondary N) is 3. The summed E-state index contributed by atoms with van der Waals surface area (Å²) in [5.74, 6) is -1.39. The number of hydrazine groups is 1. The van der Waals surface area contributed by atoms with Crippen molar-refractivity contribution in [3.8, 4) is 0 Å². The zero-order valence-corrected chi connectivity index (χ0v) is 18.5. The fourth-order valence-electron chi connectivity index (χ4n) is 2.61. The van der Waals surface area contributed by atoms with E-state index in [1.54, 1.807) is 13.0 Å². The van der Waals surface area contributed by atoms with Crippen LogP contribution in [0.3, 0.4) is 0 Å². The Bertz CT molecular complexity index is 1140. The van der Waals surface area contributed by atoms with Gasteiger partial charge >= 0.3 is 0 Å². The monoisotopic (exact) mass is 464 g/mol. The second kappa shape index (κ2) is 9.78. The summed E-state index contributed by atoms with van der Waals surface area (Å²) in [6.45, 7) is 10.1. The van der Waals surface area contributed by atoms with Gasteiger partial charge in [-0.3, -0.25) is 20.4 Å². The van der Waals surface area contributed by atoms with Crippen molar-refractivity contribution in [2.75, 3.05) is 11.6 Å². The van der Waals surface area contributed by atoms with E-state index < -0.39 is 33.8 Å². The van der Waals surface area contributed by atoms with Gasteiger partial charge in [-0.1, -0.05) is 17.7 Å². The molecule has 0 aliphatic heterocycles. The van der Waals surface area contributed by atoms with E-state index in [1.807, 2.05) is 0 Å². The van der Waals surface area contributed by atoms with Crippen molar-refractivity contribution < 1.29 is 23.1 Å². The lowest BCUT2D eigenvalue weighted by Crippen LogP contribution is -2.52. The van der Waals surface area contributed by atoms with Gasteiger partial charge in [0.05, 0.1) is 22.6 Å². The van der Waals surface area contributed by atoms with Gasteiger partial charge in [-0.2, -0.15) is 0 Å². The second-order valence-corrected chi connectivity index (χ2v) is 9.18. The highest BCUT2D eigenvalue weighted by molar-refractivity contribution is 7.90. The predicted molar refractivity (Wildman–Crippen MR) is 117 cm³/mol. The molecule has 0 aliphatic carbocycles. The summed E-state index contributed by atoms with van der Waals surface area (Å²) in [4.78, 5) is 28.1. The molecular formula is C20H21ClN4O5S. The van der Waals surface area contributed by atoms with E-state index in [1.165, 1.54) is 37.3 Å². The minimum Gasteiger partial charge on any atom is -0.391 e. The number of nitrogens with zero attached hydrogens (tertiary/aromatic N) is 1. The number of benzene rings is 2. The summed E-state index contributed by atoms with van der Waals surface area (Å²) in [5, 5.41) is 13.1. The third-order valence-electron chi connectivity index (χ3n) is 4.41. The first-order valence-electron chi connectivity index (χ1n) is 8.97. The third kappa shape index (κ3) is 5.95. The molecule has 0 radical (unpaired) electrons. The minimum absolute atomic E-state index is 0.0599. The summed E-state index contributed by atoms with van der Waals surface area (Å²) in [5.41, 5.74) is 5.81. The van der Waals surface area contributed by atoms with Crippen LogP contribution < -0.4 is 16.2 Å². The lowest BCUT2D eigenvalue weighted by molar-refractivity contribution is -0.124. The lowest BCUT2D eigenvalue weighted by atomic mass is 10.1. The van der Waals surface area contributed by atoms with E-state index in [2.05, 4.69) is 21.0 Å². The number of carbonyl (C=O) groups excluding carboxylic acids is 2. The average molecular weight is 465 g/mol. The smallest absolute Gasteiger partial charge is 0.269 e. The highest BCUT2D eigenvalue weighted by atomic mass is 35.5. The Morgan fingerprint density at radius 2 is 1.74 bits per heavy atom. The van der Waals surface area contributed by atoms with Crippen molar-refractivity contribution in [2.45, 2.75) is 30.9 Å². The Morgan fingerprint density at radius 3 is 2.26 bits per heavy atom. The molecule has 0 heterocycles. The summed E-state index contributed by atoms with van der Waals surface area (Å²) in [7, 11) is -3.40. The standard InChI is InChI=1S/C20H21ClN4O5S/c1-11-15(9-10-16(22-3)17(11)21)23-18(12(2)26)20(28)25-24-19(27)13-5-7-14(8-6-13)31(4,29)30/h5-10,12,18,23,26H,1-2,4H3,(H,24,27)(H,25,28)/t12-,18-/m1/s1. The number of rotatable bonds is 6. The van der Waals surface area contributed by atoms with Crippen LogP contribution in [0.2, 0.25) is 5.02 Å². The number of carbonyl (C=O) groups is 2. The van der Waals surface area contributed by atoms with E-state index in [-0.39, 0.29) is 21.2 Å². The number of aliphatic hydroxyl groups is 1. The molecule has 2 aromatic rings. The van der Waals surface area contributed by atoms with Crippen LogP contribution >= 0.6 is 11.6 Å². The van der Waals surface area contributed by atoms with E-state index >= 15 is 0 Å². The molecule has 11 heteroatoms. The van der Waals surface area contributed by atoms with E-state index in [0.29, 0.717) is 11.3 Å². The number of amides is 2. The van der Waals surface area contributed by atoms with Crippen LogP contribution in [0.25, 0.3) is 4.85 Å². The van der Waals surface area contributed by atoms with Gasteiger partial charge < -0.3 is 10.4 Å². The maximum atomic E-state index is 12.5. The molecule has 0 bridgehead atoms. The zero-order chi connectivity index (χ0) is 23.3. The fraction of sp³-hybridized carbons (Fsp3) is 0.250. The number of hydrogen-bond donors (Lipinski definition) is 4. The molecule has 164 valence electrons. The highest BCUT2D eigenvalue weighted by Crippen LogP contribution is 2.33. The quantitative estimate of drug-likeness (QED) is 0.383. The number of anilines is 1. The predicted octanol–water partition coefficient (Wildman–Crippen LogP) is 2.23. The lowest BCUT2D eigenvalue weighted by Gasteiger charge is -2.23. The van der Waals surface area contributed by atoms with Crippen LogP contribution in [-0.2, 0) is 14.6 Å². The topological polar surface area (TPSA) is 129 Å². The first-order valence-corrected chi connectivity index (χ1v) is 11.2. The number of halogens is 1. The summed E-state index contributed by atoms with van der Waals surface area (Å²) in [6.07, 6.45) is -0.0834. The molecular weight excluding hydrogens is 444 g/mol. The Hall–Kier alpha value is -3.13. The van der Waals surface area contributed by atoms with Crippen LogP contribution in [-0.4, -0.2) is 43.7 Å². The molecule has 0 unspecified atom stereocenters. The Balaban J connectivity index is 2.09. The maximum Gasteiger partial charge on any atom is 0.269 e. The van der Waals surface area contributed by atoms with E-state index in [9.17, 15) is 23.1 Å². The first kappa shape index (κ1) is 24.1. The van der Waals surface area contributed by atoms with Gasteiger partial charge in [0.15, 0.2) is 9.84 Å². The SMILES string of the molecule is [C-]#[N+]c1ccc(N[C@@H](C(=O)NNC(=O)c2ccc(S(C)(=O)=O)cc2)[C@@H](C)O)c(C)c1Cl. The molecule has 0 fully saturated rings. The second-order valence-electron chi connectivity index (χ2n) is 6.79. The number of sulfone groups is 1. The van der Waals surface area contributed by atoms with E-state index in [4.69, 9.17) is 18.2 Å². The number of aliphatic hydroxyl groups excluding tert-OH is 1. The minimum atomic E-state index is -3.40. The molecule has 0 saturated heterocycles.